The van der Waals surface area contributed by atoms with E-state index in [1.165, 1.54) is 5.56 Å². The highest BCUT2D eigenvalue weighted by atomic mass is 16.3. The van der Waals surface area contributed by atoms with Crippen LogP contribution in [0.3, 0.4) is 0 Å². The molecule has 84 valence electrons. The van der Waals surface area contributed by atoms with Crippen molar-refractivity contribution in [1.29, 1.82) is 0 Å². The van der Waals surface area contributed by atoms with Crippen LogP contribution in [0, 0.1) is 5.92 Å². The van der Waals surface area contributed by atoms with Gasteiger partial charge in [0.25, 0.3) is 0 Å². The monoisotopic (exact) mass is 207 g/mol. The average Bonchev–Trinajstić information content (AvgIpc) is 2.17. The first-order valence-corrected chi connectivity index (χ1v) is 5.47. The zero-order valence-electron chi connectivity index (χ0n) is 9.83. The fraction of sp³-hybridized carbons (Fsp3) is 0.538. The molecule has 0 saturated heterocycles. The average molecular weight is 207 g/mol. The summed E-state index contributed by atoms with van der Waals surface area (Å²) >= 11 is 0. The fourth-order valence-electron chi connectivity index (χ4n) is 2.08. The Hall–Kier alpha value is -1.02. The number of phenols is 1. The maximum absolute atomic E-state index is 9.25. The molecule has 0 spiro atoms. The molecular weight excluding hydrogens is 186 g/mol. The summed E-state index contributed by atoms with van der Waals surface area (Å²) in [5.74, 6) is 0.926. The van der Waals surface area contributed by atoms with E-state index in [9.17, 15) is 5.11 Å². The highest BCUT2D eigenvalue weighted by Crippen LogP contribution is 2.30. The molecule has 0 fully saturated rings. The summed E-state index contributed by atoms with van der Waals surface area (Å²) in [7, 11) is 0. The van der Waals surface area contributed by atoms with Crippen LogP contribution in [0.1, 0.15) is 32.8 Å². The molecule has 2 heteroatoms. The third-order valence-corrected chi connectivity index (χ3v) is 2.87. The molecule has 15 heavy (non-hydrogen) atoms. The van der Waals surface area contributed by atoms with Crippen molar-refractivity contribution in [2.24, 2.45) is 11.7 Å². The fourth-order valence-corrected chi connectivity index (χ4v) is 2.08. The van der Waals surface area contributed by atoms with Crippen LogP contribution in [0.5, 0.6) is 5.75 Å². The van der Waals surface area contributed by atoms with Gasteiger partial charge in [-0.1, -0.05) is 32.9 Å². The van der Waals surface area contributed by atoms with Gasteiger partial charge in [-0.25, -0.2) is 0 Å². The van der Waals surface area contributed by atoms with Crippen molar-refractivity contribution in [3.63, 3.8) is 0 Å². The molecule has 0 aliphatic rings. The van der Waals surface area contributed by atoms with Crippen LogP contribution in [0.4, 0.5) is 0 Å². The molecule has 2 nitrogen and oxygen atoms in total. The van der Waals surface area contributed by atoms with Gasteiger partial charge in [0.15, 0.2) is 0 Å². The van der Waals surface area contributed by atoms with E-state index in [4.69, 9.17) is 5.73 Å². The van der Waals surface area contributed by atoms with Crippen molar-refractivity contribution < 1.29 is 5.11 Å². The van der Waals surface area contributed by atoms with Crippen LogP contribution < -0.4 is 5.73 Å². The van der Waals surface area contributed by atoms with E-state index in [-0.39, 0.29) is 5.41 Å². The second-order valence-electron chi connectivity index (χ2n) is 4.91. The first-order chi connectivity index (χ1) is 6.98. The molecule has 0 aliphatic carbocycles. The molecule has 0 heterocycles. The Bertz CT molecular complexity index is 305. The third-order valence-electron chi connectivity index (χ3n) is 2.87. The van der Waals surface area contributed by atoms with Gasteiger partial charge in [0.05, 0.1) is 0 Å². The Morgan fingerprint density at radius 1 is 1.27 bits per heavy atom. The summed E-state index contributed by atoms with van der Waals surface area (Å²) in [5, 5.41) is 9.25. The van der Waals surface area contributed by atoms with Crippen molar-refractivity contribution in [3.05, 3.63) is 29.8 Å². The Morgan fingerprint density at radius 3 is 2.20 bits per heavy atom. The third kappa shape index (κ3) is 2.96. The van der Waals surface area contributed by atoms with E-state index in [2.05, 4.69) is 20.8 Å². The summed E-state index contributed by atoms with van der Waals surface area (Å²) in [6.45, 7) is 7.22. The highest BCUT2D eigenvalue weighted by Gasteiger charge is 2.25. The van der Waals surface area contributed by atoms with Gasteiger partial charge in [-0.15, -0.1) is 0 Å². The first kappa shape index (κ1) is 12.1. The van der Waals surface area contributed by atoms with Crippen LogP contribution in [0.2, 0.25) is 0 Å². The summed E-state index contributed by atoms with van der Waals surface area (Å²) in [6, 6.07) is 7.38. The number of hydrogen-bond acceptors (Lipinski definition) is 2. The SMILES string of the molecule is CC(C)CC(C)(CN)c1ccc(O)cc1. The molecule has 0 bridgehead atoms. The van der Waals surface area contributed by atoms with Crippen molar-refractivity contribution >= 4 is 0 Å². The number of aromatic hydroxyl groups is 1. The minimum Gasteiger partial charge on any atom is -0.508 e. The Labute approximate surface area is 92.1 Å². The molecule has 1 aromatic carbocycles. The van der Waals surface area contributed by atoms with Gasteiger partial charge in [-0.2, -0.15) is 0 Å². The predicted molar refractivity (Wildman–Crippen MR) is 64.0 cm³/mol. The van der Waals surface area contributed by atoms with E-state index in [0.29, 0.717) is 18.2 Å². The van der Waals surface area contributed by atoms with E-state index in [1.807, 2.05) is 12.1 Å². The van der Waals surface area contributed by atoms with Gasteiger partial charge < -0.3 is 10.8 Å². The quantitative estimate of drug-likeness (QED) is 0.797. The van der Waals surface area contributed by atoms with Gasteiger partial charge in [0.1, 0.15) is 5.75 Å². The highest BCUT2D eigenvalue weighted by molar-refractivity contribution is 5.31. The van der Waals surface area contributed by atoms with Crippen LogP contribution in [0.25, 0.3) is 0 Å². The topological polar surface area (TPSA) is 46.2 Å². The van der Waals surface area contributed by atoms with Gasteiger partial charge in [-0.3, -0.25) is 0 Å². The maximum atomic E-state index is 9.25. The molecule has 0 radical (unpaired) electrons. The zero-order chi connectivity index (χ0) is 11.5. The Balaban J connectivity index is 2.95. The summed E-state index contributed by atoms with van der Waals surface area (Å²) in [6.07, 6.45) is 1.06. The number of rotatable bonds is 4. The van der Waals surface area contributed by atoms with Crippen LogP contribution in [0.15, 0.2) is 24.3 Å². The second-order valence-corrected chi connectivity index (χ2v) is 4.91. The van der Waals surface area contributed by atoms with Gasteiger partial charge >= 0.3 is 0 Å². The number of nitrogens with two attached hydrogens (primary N) is 1. The summed E-state index contributed by atoms with van der Waals surface area (Å²) < 4.78 is 0. The Morgan fingerprint density at radius 2 is 1.80 bits per heavy atom. The van der Waals surface area contributed by atoms with E-state index in [1.54, 1.807) is 12.1 Å². The molecule has 3 N–H and O–H groups in total. The lowest BCUT2D eigenvalue weighted by atomic mass is 9.76. The van der Waals surface area contributed by atoms with Gasteiger partial charge in [-0.05, 0) is 30.0 Å². The standard InChI is InChI=1S/C13H21NO/c1-10(2)8-13(3,9-14)11-4-6-12(15)7-5-11/h4-7,10,15H,8-9,14H2,1-3H3. The first-order valence-electron chi connectivity index (χ1n) is 5.47. The smallest absolute Gasteiger partial charge is 0.115 e. The number of hydrogen-bond donors (Lipinski definition) is 2. The lowest BCUT2D eigenvalue weighted by Gasteiger charge is -2.30. The minimum absolute atomic E-state index is 0.0157. The van der Waals surface area contributed by atoms with E-state index >= 15 is 0 Å². The molecular formula is C13H21NO. The van der Waals surface area contributed by atoms with Crippen LogP contribution >= 0.6 is 0 Å². The largest absolute Gasteiger partial charge is 0.508 e. The lowest BCUT2D eigenvalue weighted by molar-refractivity contribution is 0.376. The van der Waals surface area contributed by atoms with Crippen molar-refractivity contribution in [3.8, 4) is 5.75 Å². The molecule has 1 aromatic rings. The maximum Gasteiger partial charge on any atom is 0.115 e. The molecule has 1 rings (SSSR count). The molecule has 1 atom stereocenters. The molecule has 0 aliphatic heterocycles. The minimum atomic E-state index is 0.0157. The molecule has 0 amide bonds. The summed E-state index contributed by atoms with van der Waals surface area (Å²) in [4.78, 5) is 0. The second kappa shape index (κ2) is 4.67. The van der Waals surface area contributed by atoms with Crippen LogP contribution in [-0.2, 0) is 5.41 Å². The van der Waals surface area contributed by atoms with E-state index < -0.39 is 0 Å². The van der Waals surface area contributed by atoms with Crippen molar-refractivity contribution in [1.82, 2.24) is 0 Å². The normalized spacial score (nSPS) is 15.3. The zero-order valence-corrected chi connectivity index (χ0v) is 9.83. The summed E-state index contributed by atoms with van der Waals surface area (Å²) in [5.41, 5.74) is 7.08. The number of benzene rings is 1. The Kier molecular flexibility index (Phi) is 3.75. The van der Waals surface area contributed by atoms with Crippen LogP contribution in [-0.4, -0.2) is 11.7 Å². The molecule has 0 aromatic heterocycles. The van der Waals surface area contributed by atoms with E-state index in [0.717, 1.165) is 6.42 Å². The van der Waals surface area contributed by atoms with Gasteiger partial charge in [0.2, 0.25) is 0 Å². The lowest BCUT2D eigenvalue weighted by Crippen LogP contribution is -2.33. The van der Waals surface area contributed by atoms with Crippen molar-refractivity contribution in [2.45, 2.75) is 32.6 Å². The predicted octanol–water partition coefficient (Wildman–Crippen LogP) is 2.65. The van der Waals surface area contributed by atoms with Gasteiger partial charge in [0, 0.05) is 12.0 Å². The number of phenolic OH excluding ortho intramolecular Hbond substituents is 1. The molecule has 1 unspecified atom stereocenters. The molecule has 0 saturated carbocycles. The van der Waals surface area contributed by atoms with Crippen molar-refractivity contribution in [2.75, 3.05) is 6.54 Å².